The molecule has 22 heavy (non-hydrogen) atoms. The standard InChI is InChI=1S/C13H25NO6.CH4O/c1-9(15)5-6-10(16)7-14(8-11(17)18)12(19)20-13(2,3)4;1-2/h9-10,15-16H,5-8H2,1-4H3,(H,17,18);2H,1H3. The van der Waals surface area contributed by atoms with Crippen molar-refractivity contribution in [3.8, 4) is 0 Å². The lowest BCUT2D eigenvalue weighted by molar-refractivity contribution is -0.138. The molecule has 0 radical (unpaired) electrons. The van der Waals surface area contributed by atoms with Crippen LogP contribution in [-0.4, -0.2) is 75.4 Å². The van der Waals surface area contributed by atoms with Crippen LogP contribution in [0.25, 0.3) is 0 Å². The molecule has 0 fully saturated rings. The average Bonchev–Trinajstić information content (AvgIpc) is 2.35. The lowest BCUT2D eigenvalue weighted by atomic mass is 10.1. The summed E-state index contributed by atoms with van der Waals surface area (Å²) < 4.78 is 5.09. The van der Waals surface area contributed by atoms with E-state index in [0.717, 1.165) is 12.0 Å². The van der Waals surface area contributed by atoms with Gasteiger partial charge in [-0.1, -0.05) is 0 Å². The Morgan fingerprint density at radius 2 is 1.64 bits per heavy atom. The third kappa shape index (κ3) is 13.6. The van der Waals surface area contributed by atoms with E-state index < -0.39 is 36.4 Å². The van der Waals surface area contributed by atoms with Crippen LogP contribution in [0.5, 0.6) is 0 Å². The summed E-state index contributed by atoms with van der Waals surface area (Å²) in [5.41, 5.74) is -0.738. The number of aliphatic carboxylic acids is 1. The number of nitrogens with zero attached hydrogens (tertiary/aromatic N) is 1. The van der Waals surface area contributed by atoms with Gasteiger partial charge in [0.15, 0.2) is 0 Å². The zero-order chi connectivity index (χ0) is 17.9. The fraction of sp³-hybridized carbons (Fsp3) is 0.857. The monoisotopic (exact) mass is 323 g/mol. The van der Waals surface area contributed by atoms with Crippen molar-refractivity contribution in [3.63, 3.8) is 0 Å². The third-order valence-corrected chi connectivity index (χ3v) is 2.33. The summed E-state index contributed by atoms with van der Waals surface area (Å²) in [6.45, 7) is 5.93. The second-order valence-corrected chi connectivity index (χ2v) is 5.83. The molecule has 0 heterocycles. The maximum absolute atomic E-state index is 11.8. The number of aliphatic hydroxyl groups is 3. The van der Waals surface area contributed by atoms with E-state index in [9.17, 15) is 14.7 Å². The first-order valence-electron chi connectivity index (χ1n) is 7.02. The molecule has 0 spiro atoms. The molecular weight excluding hydrogens is 294 g/mol. The van der Waals surface area contributed by atoms with E-state index in [1.807, 2.05) is 0 Å². The highest BCUT2D eigenvalue weighted by Crippen LogP contribution is 2.11. The number of rotatable bonds is 7. The minimum absolute atomic E-state index is 0.145. The van der Waals surface area contributed by atoms with Crippen LogP contribution in [0.3, 0.4) is 0 Å². The van der Waals surface area contributed by atoms with Crippen LogP contribution in [-0.2, 0) is 9.53 Å². The summed E-state index contributed by atoms with van der Waals surface area (Å²) in [7, 11) is 1.00. The molecular formula is C14H29NO7. The van der Waals surface area contributed by atoms with Gasteiger partial charge in [0.1, 0.15) is 12.1 Å². The van der Waals surface area contributed by atoms with Gasteiger partial charge >= 0.3 is 12.1 Å². The van der Waals surface area contributed by atoms with Gasteiger partial charge in [0, 0.05) is 7.11 Å². The highest BCUT2D eigenvalue weighted by molar-refractivity contribution is 5.76. The minimum atomic E-state index is -1.18. The van der Waals surface area contributed by atoms with Crippen molar-refractivity contribution in [2.45, 2.75) is 58.3 Å². The zero-order valence-electron chi connectivity index (χ0n) is 13.9. The van der Waals surface area contributed by atoms with Gasteiger partial charge in [-0.15, -0.1) is 0 Å². The number of amides is 1. The van der Waals surface area contributed by atoms with E-state index in [1.165, 1.54) is 0 Å². The summed E-state index contributed by atoms with van der Waals surface area (Å²) in [5.74, 6) is -1.18. The van der Waals surface area contributed by atoms with Gasteiger partial charge < -0.3 is 25.2 Å². The van der Waals surface area contributed by atoms with Crippen molar-refractivity contribution in [3.05, 3.63) is 0 Å². The fourth-order valence-corrected chi connectivity index (χ4v) is 1.47. The van der Waals surface area contributed by atoms with Gasteiger partial charge in [-0.05, 0) is 40.5 Å². The number of carbonyl (C=O) groups excluding carboxylic acids is 1. The second kappa shape index (κ2) is 11.2. The smallest absolute Gasteiger partial charge is 0.410 e. The molecule has 0 aliphatic rings. The van der Waals surface area contributed by atoms with Gasteiger partial charge in [-0.3, -0.25) is 9.69 Å². The Hall–Kier alpha value is -1.38. The molecule has 0 bridgehead atoms. The third-order valence-electron chi connectivity index (χ3n) is 2.33. The van der Waals surface area contributed by atoms with Crippen molar-refractivity contribution in [1.82, 2.24) is 4.90 Å². The maximum Gasteiger partial charge on any atom is 0.410 e. The van der Waals surface area contributed by atoms with Gasteiger partial charge in [-0.2, -0.15) is 0 Å². The molecule has 0 aliphatic heterocycles. The summed E-state index contributed by atoms with van der Waals surface area (Å²) in [6, 6.07) is 0. The van der Waals surface area contributed by atoms with Crippen molar-refractivity contribution in [1.29, 1.82) is 0 Å². The molecule has 4 N–H and O–H groups in total. The van der Waals surface area contributed by atoms with Crippen LogP contribution in [0.1, 0.15) is 40.5 Å². The van der Waals surface area contributed by atoms with Crippen molar-refractivity contribution in [2.24, 2.45) is 0 Å². The lowest BCUT2D eigenvalue weighted by Crippen LogP contribution is -2.43. The number of ether oxygens (including phenoxy) is 1. The summed E-state index contributed by atoms with van der Waals surface area (Å²) >= 11 is 0. The summed E-state index contributed by atoms with van der Waals surface area (Å²) in [6.07, 6.45) is -1.60. The fourth-order valence-electron chi connectivity index (χ4n) is 1.47. The molecule has 132 valence electrons. The molecule has 8 heteroatoms. The molecule has 0 rings (SSSR count). The van der Waals surface area contributed by atoms with Gasteiger partial charge in [0.2, 0.25) is 0 Å². The molecule has 0 aromatic rings. The Bertz CT molecular complexity index is 326. The van der Waals surface area contributed by atoms with Crippen molar-refractivity contribution >= 4 is 12.1 Å². The van der Waals surface area contributed by atoms with Gasteiger partial charge in [0.25, 0.3) is 0 Å². The largest absolute Gasteiger partial charge is 0.480 e. The summed E-state index contributed by atoms with van der Waals surface area (Å²) in [5, 5.41) is 34.7. The highest BCUT2D eigenvalue weighted by Gasteiger charge is 2.25. The average molecular weight is 323 g/mol. The quantitative estimate of drug-likeness (QED) is 0.535. The molecule has 0 aliphatic carbocycles. The maximum atomic E-state index is 11.8. The number of carboxylic acid groups (broad SMARTS) is 1. The van der Waals surface area contributed by atoms with Gasteiger partial charge in [-0.25, -0.2) is 4.79 Å². The molecule has 2 unspecified atom stereocenters. The Morgan fingerprint density at radius 3 is 2.00 bits per heavy atom. The number of hydrogen-bond acceptors (Lipinski definition) is 6. The SMILES string of the molecule is CC(O)CCC(O)CN(CC(=O)O)C(=O)OC(C)(C)C.CO. The van der Waals surface area contributed by atoms with E-state index in [1.54, 1.807) is 27.7 Å². The first-order valence-corrected chi connectivity index (χ1v) is 7.02. The van der Waals surface area contributed by atoms with E-state index >= 15 is 0 Å². The first kappa shape index (κ1) is 22.9. The first-order chi connectivity index (χ1) is 10.0. The molecule has 1 amide bonds. The minimum Gasteiger partial charge on any atom is -0.480 e. The van der Waals surface area contributed by atoms with Crippen molar-refractivity contribution in [2.75, 3.05) is 20.2 Å². The van der Waals surface area contributed by atoms with Crippen LogP contribution in [0, 0.1) is 0 Å². The van der Waals surface area contributed by atoms with Crippen LogP contribution >= 0.6 is 0 Å². The molecule has 0 saturated carbocycles. The zero-order valence-corrected chi connectivity index (χ0v) is 13.9. The van der Waals surface area contributed by atoms with E-state index in [-0.39, 0.29) is 13.0 Å². The normalized spacial score (nSPS) is 13.5. The summed E-state index contributed by atoms with van der Waals surface area (Å²) in [4.78, 5) is 23.5. The topological polar surface area (TPSA) is 128 Å². The highest BCUT2D eigenvalue weighted by atomic mass is 16.6. The van der Waals surface area contributed by atoms with Crippen LogP contribution in [0.4, 0.5) is 4.79 Å². The van der Waals surface area contributed by atoms with E-state index in [0.29, 0.717) is 6.42 Å². The molecule has 2 atom stereocenters. The van der Waals surface area contributed by atoms with E-state index in [4.69, 9.17) is 20.1 Å². The number of carbonyl (C=O) groups is 2. The predicted octanol–water partition coefficient (Wildman–Crippen LogP) is 0.438. The van der Waals surface area contributed by atoms with Gasteiger partial charge in [0.05, 0.1) is 18.8 Å². The number of aliphatic hydroxyl groups excluding tert-OH is 3. The molecule has 0 aromatic carbocycles. The van der Waals surface area contributed by atoms with Crippen LogP contribution in [0.15, 0.2) is 0 Å². The molecule has 8 nitrogen and oxygen atoms in total. The number of hydrogen-bond donors (Lipinski definition) is 4. The Balaban J connectivity index is 0. The van der Waals surface area contributed by atoms with Crippen LogP contribution in [0.2, 0.25) is 0 Å². The molecule has 0 saturated heterocycles. The second-order valence-electron chi connectivity index (χ2n) is 5.83. The van der Waals surface area contributed by atoms with Crippen molar-refractivity contribution < 1.29 is 34.8 Å². The lowest BCUT2D eigenvalue weighted by Gasteiger charge is -2.27. The number of carboxylic acids is 1. The molecule has 0 aromatic heterocycles. The van der Waals surface area contributed by atoms with E-state index in [2.05, 4.69) is 0 Å². The van der Waals surface area contributed by atoms with Crippen LogP contribution < -0.4 is 0 Å². The Morgan fingerprint density at radius 1 is 1.14 bits per heavy atom. The Kier molecular flexibility index (Phi) is 11.7. The predicted molar refractivity (Wildman–Crippen MR) is 80.5 cm³/mol. The Labute approximate surface area is 131 Å².